The number of hydrogen-bond donors (Lipinski definition) is 2. The standard InChI is InChI=1S/C24H15N5O2S2/c25-10-14-5-7-18(26-11-14)24-28-13-16(32-24)12-27-22(30)15-6-8-21-19(9-15)29-23(31)17-3-1-2-4-20(17)33-21/h1-9,11,13H,12H2,(H,27,30)(H,29,31). The lowest BCUT2D eigenvalue weighted by Crippen LogP contribution is -2.22. The molecule has 0 saturated carbocycles. The topological polar surface area (TPSA) is 108 Å². The predicted molar refractivity (Wildman–Crippen MR) is 126 cm³/mol. The summed E-state index contributed by atoms with van der Waals surface area (Å²) in [5.41, 5.74) is 2.85. The molecule has 0 aliphatic carbocycles. The Morgan fingerprint density at radius 2 is 1.94 bits per heavy atom. The molecule has 0 atom stereocenters. The van der Waals surface area contributed by atoms with Crippen LogP contribution in [0.2, 0.25) is 0 Å². The van der Waals surface area contributed by atoms with Gasteiger partial charge in [0.25, 0.3) is 11.8 Å². The number of fused-ring (bicyclic) bond motifs is 2. The van der Waals surface area contributed by atoms with Gasteiger partial charge in [-0.15, -0.1) is 11.3 Å². The van der Waals surface area contributed by atoms with Crippen molar-refractivity contribution in [3.63, 3.8) is 0 Å². The zero-order chi connectivity index (χ0) is 22.8. The van der Waals surface area contributed by atoms with Crippen LogP contribution >= 0.6 is 23.1 Å². The van der Waals surface area contributed by atoms with E-state index >= 15 is 0 Å². The SMILES string of the molecule is N#Cc1ccc(-c2ncc(CNC(=O)c3ccc4c(c3)NC(=O)c3ccccc3S4)s2)nc1. The van der Waals surface area contributed by atoms with Crippen molar-refractivity contribution < 1.29 is 9.59 Å². The molecule has 0 spiro atoms. The van der Waals surface area contributed by atoms with E-state index in [0.717, 1.165) is 14.7 Å². The minimum absolute atomic E-state index is 0.192. The first-order valence-electron chi connectivity index (χ1n) is 9.92. The lowest BCUT2D eigenvalue weighted by molar-refractivity contribution is 0.0949. The third kappa shape index (κ3) is 4.35. The molecular weight excluding hydrogens is 454 g/mol. The summed E-state index contributed by atoms with van der Waals surface area (Å²) in [6.45, 7) is 0.316. The van der Waals surface area contributed by atoms with Gasteiger partial charge in [-0.1, -0.05) is 23.9 Å². The first-order valence-corrected chi connectivity index (χ1v) is 11.6. The summed E-state index contributed by atoms with van der Waals surface area (Å²) >= 11 is 2.92. The summed E-state index contributed by atoms with van der Waals surface area (Å²) in [6.07, 6.45) is 3.21. The van der Waals surface area contributed by atoms with Crippen molar-refractivity contribution in [2.75, 3.05) is 5.32 Å². The van der Waals surface area contributed by atoms with Crippen LogP contribution in [0.4, 0.5) is 5.69 Å². The molecule has 7 nitrogen and oxygen atoms in total. The fourth-order valence-corrected chi connectivity index (χ4v) is 5.11. The summed E-state index contributed by atoms with van der Waals surface area (Å²) in [6, 6.07) is 18.2. The number of amides is 2. The van der Waals surface area contributed by atoms with Gasteiger partial charge in [0, 0.05) is 32.6 Å². The molecule has 0 bridgehead atoms. The van der Waals surface area contributed by atoms with Gasteiger partial charge in [0.05, 0.1) is 29.1 Å². The third-order valence-electron chi connectivity index (χ3n) is 4.93. The maximum absolute atomic E-state index is 12.7. The number of nitrogens with one attached hydrogen (secondary N) is 2. The molecule has 2 amide bonds. The molecule has 0 saturated heterocycles. The summed E-state index contributed by atoms with van der Waals surface area (Å²) in [5, 5.41) is 15.4. The van der Waals surface area contributed by atoms with Crippen molar-refractivity contribution in [1.29, 1.82) is 5.26 Å². The van der Waals surface area contributed by atoms with Crippen LogP contribution in [-0.4, -0.2) is 21.8 Å². The summed E-state index contributed by atoms with van der Waals surface area (Å²) < 4.78 is 0. The largest absolute Gasteiger partial charge is 0.347 e. The van der Waals surface area contributed by atoms with Crippen LogP contribution in [0.3, 0.4) is 0 Å². The van der Waals surface area contributed by atoms with Crippen LogP contribution in [0.1, 0.15) is 31.2 Å². The fourth-order valence-electron chi connectivity index (χ4n) is 3.27. The zero-order valence-electron chi connectivity index (χ0n) is 17.0. The van der Waals surface area contributed by atoms with E-state index in [1.807, 2.05) is 30.3 Å². The fraction of sp³-hybridized carbons (Fsp3) is 0.0417. The number of hydrogen-bond acceptors (Lipinski definition) is 7. The highest BCUT2D eigenvalue weighted by molar-refractivity contribution is 7.99. The molecule has 0 unspecified atom stereocenters. The van der Waals surface area contributed by atoms with Crippen LogP contribution in [-0.2, 0) is 6.54 Å². The molecule has 0 radical (unpaired) electrons. The van der Waals surface area contributed by atoms with Gasteiger partial charge in [-0.05, 0) is 42.5 Å². The number of anilines is 1. The van der Waals surface area contributed by atoms with Gasteiger partial charge < -0.3 is 10.6 Å². The van der Waals surface area contributed by atoms with E-state index in [1.54, 1.807) is 36.5 Å². The van der Waals surface area contributed by atoms with E-state index in [2.05, 4.69) is 20.6 Å². The van der Waals surface area contributed by atoms with E-state index in [4.69, 9.17) is 5.26 Å². The van der Waals surface area contributed by atoms with E-state index in [1.165, 1.54) is 29.3 Å². The van der Waals surface area contributed by atoms with E-state index in [-0.39, 0.29) is 11.8 Å². The van der Waals surface area contributed by atoms with E-state index in [9.17, 15) is 9.59 Å². The zero-order valence-corrected chi connectivity index (χ0v) is 18.7. The number of nitriles is 1. The van der Waals surface area contributed by atoms with Gasteiger partial charge in [-0.25, -0.2) is 4.98 Å². The molecule has 2 aromatic heterocycles. The van der Waals surface area contributed by atoms with E-state index in [0.29, 0.717) is 39.6 Å². The number of benzene rings is 2. The number of aromatic nitrogens is 2. The van der Waals surface area contributed by atoms with Crippen molar-refractivity contribution in [2.45, 2.75) is 16.3 Å². The molecule has 2 N–H and O–H groups in total. The lowest BCUT2D eigenvalue weighted by Gasteiger charge is -2.09. The molecule has 9 heteroatoms. The van der Waals surface area contributed by atoms with Crippen molar-refractivity contribution in [3.05, 3.63) is 88.6 Å². The van der Waals surface area contributed by atoms with Crippen molar-refractivity contribution in [3.8, 4) is 16.8 Å². The Hall–Kier alpha value is -4.00. The smallest absolute Gasteiger partial charge is 0.256 e. The average Bonchev–Trinajstić information content (AvgIpc) is 3.27. The minimum atomic E-state index is -0.245. The second-order valence-electron chi connectivity index (χ2n) is 7.12. The number of nitrogens with zero attached hydrogens (tertiary/aromatic N) is 3. The predicted octanol–water partition coefficient (Wildman–Crippen LogP) is 4.72. The number of pyridine rings is 1. The number of rotatable bonds is 4. The molecule has 5 rings (SSSR count). The molecule has 1 aliphatic rings. The van der Waals surface area contributed by atoms with Crippen LogP contribution in [0.25, 0.3) is 10.7 Å². The first kappa shape index (κ1) is 20.9. The quantitative estimate of drug-likeness (QED) is 0.448. The molecule has 0 fully saturated rings. The first-order chi connectivity index (χ1) is 16.1. The van der Waals surface area contributed by atoms with Gasteiger partial charge in [-0.2, -0.15) is 5.26 Å². The Morgan fingerprint density at radius 3 is 2.76 bits per heavy atom. The number of thiazole rings is 1. The van der Waals surface area contributed by atoms with Gasteiger partial charge >= 0.3 is 0 Å². The highest BCUT2D eigenvalue weighted by atomic mass is 32.2. The summed E-state index contributed by atoms with van der Waals surface area (Å²) in [7, 11) is 0. The molecular formula is C24H15N5O2S2. The molecule has 3 heterocycles. The second kappa shape index (κ2) is 8.86. The second-order valence-corrected chi connectivity index (χ2v) is 9.32. The van der Waals surface area contributed by atoms with Crippen LogP contribution in [0, 0.1) is 11.3 Å². The third-order valence-corrected chi connectivity index (χ3v) is 7.10. The maximum Gasteiger partial charge on any atom is 0.256 e. The van der Waals surface area contributed by atoms with Crippen molar-refractivity contribution in [1.82, 2.24) is 15.3 Å². The van der Waals surface area contributed by atoms with Crippen molar-refractivity contribution in [2.24, 2.45) is 0 Å². The number of carbonyl (C=O) groups is 2. The highest BCUT2D eigenvalue weighted by Crippen LogP contribution is 2.39. The normalized spacial score (nSPS) is 12.0. The van der Waals surface area contributed by atoms with Crippen LogP contribution in [0.5, 0.6) is 0 Å². The Bertz CT molecular complexity index is 1420. The molecule has 160 valence electrons. The van der Waals surface area contributed by atoms with Crippen molar-refractivity contribution >= 4 is 40.6 Å². The van der Waals surface area contributed by atoms with Gasteiger partial charge in [0.1, 0.15) is 11.1 Å². The molecule has 33 heavy (non-hydrogen) atoms. The lowest BCUT2D eigenvalue weighted by atomic mass is 10.1. The van der Waals surface area contributed by atoms with Crippen LogP contribution < -0.4 is 10.6 Å². The van der Waals surface area contributed by atoms with Gasteiger partial charge in [0.15, 0.2) is 0 Å². The Labute approximate surface area is 197 Å². The maximum atomic E-state index is 12.7. The minimum Gasteiger partial charge on any atom is -0.347 e. The number of carbonyl (C=O) groups excluding carboxylic acids is 2. The average molecular weight is 470 g/mol. The van der Waals surface area contributed by atoms with E-state index < -0.39 is 0 Å². The Balaban J connectivity index is 1.28. The van der Waals surface area contributed by atoms with Gasteiger partial charge in [0.2, 0.25) is 0 Å². The molecule has 4 aromatic rings. The Morgan fingerprint density at radius 1 is 1.06 bits per heavy atom. The summed E-state index contributed by atoms with van der Waals surface area (Å²) in [5.74, 6) is -0.437. The Kier molecular flexibility index (Phi) is 5.60. The highest BCUT2D eigenvalue weighted by Gasteiger charge is 2.20. The molecule has 1 aliphatic heterocycles. The van der Waals surface area contributed by atoms with Gasteiger partial charge in [-0.3, -0.25) is 14.6 Å². The monoisotopic (exact) mass is 469 g/mol. The molecule has 2 aromatic carbocycles. The van der Waals surface area contributed by atoms with Crippen LogP contribution in [0.15, 0.2) is 76.8 Å². The summed E-state index contributed by atoms with van der Waals surface area (Å²) in [4.78, 5) is 36.6.